The van der Waals surface area contributed by atoms with Crippen LogP contribution in [0.2, 0.25) is 0 Å². The molecule has 0 fully saturated rings. The molecule has 0 N–H and O–H groups in total. The van der Waals surface area contributed by atoms with Crippen molar-refractivity contribution in [1.82, 2.24) is 0 Å². The molecule has 5 heteroatoms. The average Bonchev–Trinajstić information content (AvgIpc) is 2.42. The summed E-state index contributed by atoms with van der Waals surface area (Å²) in [5.41, 5.74) is 1.02. The van der Waals surface area contributed by atoms with Gasteiger partial charge in [0, 0.05) is 6.42 Å². The molecule has 0 aromatic carbocycles. The first-order valence-corrected chi connectivity index (χ1v) is 8.69. The molecule has 0 saturated heterocycles. The number of rotatable bonds is 11. The van der Waals surface area contributed by atoms with Crippen molar-refractivity contribution in [2.75, 3.05) is 19.8 Å². The molecule has 0 amide bonds. The number of phosphoric acid groups is 1. The summed E-state index contributed by atoms with van der Waals surface area (Å²) in [7, 11) is -3.43. The summed E-state index contributed by atoms with van der Waals surface area (Å²) in [6.45, 7) is 8.28. The highest BCUT2D eigenvalue weighted by Crippen LogP contribution is 2.49. The second-order valence-corrected chi connectivity index (χ2v) is 5.83. The molecule has 20 heavy (non-hydrogen) atoms. The van der Waals surface area contributed by atoms with Crippen LogP contribution in [0.15, 0.2) is 11.6 Å². The van der Waals surface area contributed by atoms with E-state index in [4.69, 9.17) is 13.6 Å². The van der Waals surface area contributed by atoms with Crippen molar-refractivity contribution in [2.45, 2.75) is 53.4 Å². The zero-order chi connectivity index (χ0) is 15.3. The molecule has 4 nitrogen and oxygen atoms in total. The van der Waals surface area contributed by atoms with Gasteiger partial charge in [-0.1, -0.05) is 31.8 Å². The standard InChI is InChI=1S/C15H27O4P/c1-5-9-11-13-15(12-10-6-2)14-19-20(16,17-7-3)18-8-4/h13H,5,7-9,11-12,14H2,1-4H3/b15-13+. The maximum absolute atomic E-state index is 12.2. The summed E-state index contributed by atoms with van der Waals surface area (Å²) in [5, 5.41) is 0. The minimum atomic E-state index is -3.43. The lowest BCUT2D eigenvalue weighted by atomic mass is 10.1. The number of allylic oxidation sites excluding steroid dienone is 1. The van der Waals surface area contributed by atoms with E-state index in [0.717, 1.165) is 24.8 Å². The van der Waals surface area contributed by atoms with Crippen LogP contribution in [0.4, 0.5) is 0 Å². The molecule has 0 spiro atoms. The van der Waals surface area contributed by atoms with Gasteiger partial charge in [-0.3, -0.25) is 13.6 Å². The molecule has 116 valence electrons. The predicted molar refractivity (Wildman–Crippen MR) is 82.5 cm³/mol. The van der Waals surface area contributed by atoms with E-state index in [2.05, 4.69) is 24.8 Å². The van der Waals surface area contributed by atoms with Crippen LogP contribution in [0.3, 0.4) is 0 Å². The van der Waals surface area contributed by atoms with E-state index < -0.39 is 7.82 Å². The summed E-state index contributed by atoms with van der Waals surface area (Å²) in [6, 6.07) is 0. The summed E-state index contributed by atoms with van der Waals surface area (Å²) < 4.78 is 27.8. The van der Waals surface area contributed by atoms with Crippen molar-refractivity contribution in [1.29, 1.82) is 0 Å². The Bertz CT molecular complexity index is 369. The van der Waals surface area contributed by atoms with Gasteiger partial charge in [0.25, 0.3) is 0 Å². The van der Waals surface area contributed by atoms with Crippen molar-refractivity contribution in [3.8, 4) is 11.8 Å². The van der Waals surface area contributed by atoms with E-state index in [9.17, 15) is 4.57 Å². The molecule has 0 aromatic heterocycles. The van der Waals surface area contributed by atoms with E-state index in [0.29, 0.717) is 19.6 Å². The minimum Gasteiger partial charge on any atom is -0.287 e. The van der Waals surface area contributed by atoms with Gasteiger partial charge in [-0.25, -0.2) is 4.57 Å². The first-order valence-electron chi connectivity index (χ1n) is 7.23. The van der Waals surface area contributed by atoms with Crippen LogP contribution < -0.4 is 0 Å². The van der Waals surface area contributed by atoms with Crippen molar-refractivity contribution >= 4 is 7.82 Å². The van der Waals surface area contributed by atoms with Gasteiger partial charge in [-0.05, 0) is 32.8 Å². The van der Waals surface area contributed by atoms with E-state index >= 15 is 0 Å². The molecular weight excluding hydrogens is 275 g/mol. The van der Waals surface area contributed by atoms with Crippen LogP contribution in [0, 0.1) is 11.8 Å². The lowest BCUT2D eigenvalue weighted by molar-refractivity contribution is 0.128. The average molecular weight is 302 g/mol. The number of hydrogen-bond donors (Lipinski definition) is 0. The van der Waals surface area contributed by atoms with E-state index in [1.165, 1.54) is 0 Å². The molecule has 0 aliphatic carbocycles. The Labute approximate surface area is 123 Å². The monoisotopic (exact) mass is 302 g/mol. The number of phosphoric ester groups is 1. The van der Waals surface area contributed by atoms with Gasteiger partial charge < -0.3 is 0 Å². The first kappa shape index (κ1) is 19.4. The molecule has 0 saturated carbocycles. The van der Waals surface area contributed by atoms with E-state index in [1.54, 1.807) is 20.8 Å². The van der Waals surface area contributed by atoms with E-state index in [1.807, 2.05) is 0 Å². The Morgan fingerprint density at radius 2 is 1.80 bits per heavy atom. The molecule has 0 heterocycles. The van der Waals surface area contributed by atoms with Crippen LogP contribution in [-0.4, -0.2) is 19.8 Å². The van der Waals surface area contributed by atoms with Gasteiger partial charge in [0.15, 0.2) is 0 Å². The van der Waals surface area contributed by atoms with Gasteiger partial charge in [0.2, 0.25) is 0 Å². The zero-order valence-electron chi connectivity index (χ0n) is 13.1. The molecule has 0 rings (SSSR count). The molecule has 0 bridgehead atoms. The summed E-state index contributed by atoms with van der Waals surface area (Å²) >= 11 is 0. The Morgan fingerprint density at radius 3 is 2.30 bits per heavy atom. The highest BCUT2D eigenvalue weighted by atomic mass is 31.2. The van der Waals surface area contributed by atoms with Crippen molar-refractivity contribution < 1.29 is 18.1 Å². The molecular formula is C15H27O4P. The predicted octanol–water partition coefficient (Wildman–Crippen LogP) is 4.71. The highest BCUT2D eigenvalue weighted by Gasteiger charge is 2.25. The van der Waals surface area contributed by atoms with Crippen LogP contribution in [0.25, 0.3) is 0 Å². The fraction of sp³-hybridized carbons (Fsp3) is 0.733. The van der Waals surface area contributed by atoms with Gasteiger partial charge in [0.05, 0.1) is 19.8 Å². The highest BCUT2D eigenvalue weighted by molar-refractivity contribution is 7.48. The number of unbranched alkanes of at least 4 members (excludes halogenated alkanes) is 2. The molecule has 0 atom stereocenters. The largest absolute Gasteiger partial charge is 0.475 e. The first-order chi connectivity index (χ1) is 9.61. The topological polar surface area (TPSA) is 44.8 Å². The van der Waals surface area contributed by atoms with Gasteiger partial charge in [-0.15, -0.1) is 5.92 Å². The van der Waals surface area contributed by atoms with Gasteiger partial charge in [-0.2, -0.15) is 0 Å². The third-order valence-corrected chi connectivity index (χ3v) is 4.06. The smallest absolute Gasteiger partial charge is 0.287 e. The van der Waals surface area contributed by atoms with E-state index in [-0.39, 0.29) is 6.61 Å². The number of hydrogen-bond acceptors (Lipinski definition) is 4. The summed E-state index contributed by atoms with van der Waals surface area (Å²) in [6.07, 6.45) is 5.97. The van der Waals surface area contributed by atoms with Crippen molar-refractivity contribution in [3.05, 3.63) is 11.6 Å². The second kappa shape index (κ2) is 12.2. The minimum absolute atomic E-state index is 0.232. The Kier molecular flexibility index (Phi) is 11.8. The second-order valence-electron chi connectivity index (χ2n) is 4.16. The lowest BCUT2D eigenvalue weighted by Crippen LogP contribution is -2.03. The Morgan fingerprint density at radius 1 is 1.15 bits per heavy atom. The SMILES string of the molecule is CC#CC/C(=C\CCCC)COP(=O)(OCC)OCC. The molecule has 0 unspecified atom stereocenters. The van der Waals surface area contributed by atoms with Crippen LogP contribution in [0.1, 0.15) is 53.4 Å². The van der Waals surface area contributed by atoms with Crippen LogP contribution in [0.5, 0.6) is 0 Å². The Balaban J connectivity index is 4.57. The maximum Gasteiger partial charge on any atom is 0.475 e. The third-order valence-electron chi connectivity index (χ3n) is 2.47. The van der Waals surface area contributed by atoms with Crippen molar-refractivity contribution in [2.24, 2.45) is 0 Å². The quantitative estimate of drug-likeness (QED) is 0.240. The lowest BCUT2D eigenvalue weighted by Gasteiger charge is -2.17. The molecule has 0 radical (unpaired) electrons. The van der Waals surface area contributed by atoms with Gasteiger partial charge >= 0.3 is 7.82 Å². The summed E-state index contributed by atoms with van der Waals surface area (Å²) in [5.74, 6) is 5.86. The summed E-state index contributed by atoms with van der Waals surface area (Å²) in [4.78, 5) is 0. The fourth-order valence-electron chi connectivity index (χ4n) is 1.48. The van der Waals surface area contributed by atoms with Crippen LogP contribution in [-0.2, 0) is 18.1 Å². The zero-order valence-corrected chi connectivity index (χ0v) is 14.0. The fourth-order valence-corrected chi connectivity index (χ4v) is 2.66. The van der Waals surface area contributed by atoms with Crippen molar-refractivity contribution in [3.63, 3.8) is 0 Å². The third kappa shape index (κ3) is 9.34. The normalized spacial score (nSPS) is 12.1. The molecule has 0 aliphatic rings. The van der Waals surface area contributed by atoms with Crippen LogP contribution >= 0.6 is 7.82 Å². The maximum atomic E-state index is 12.2. The van der Waals surface area contributed by atoms with Gasteiger partial charge in [0.1, 0.15) is 0 Å². The molecule has 0 aliphatic heterocycles. The Hall–Kier alpha value is -0.590. The molecule has 0 aromatic rings.